The summed E-state index contributed by atoms with van der Waals surface area (Å²) in [5.41, 5.74) is 6.64. The molecule has 2 aromatic rings. The Kier molecular flexibility index (Phi) is 11.7. The second-order valence-corrected chi connectivity index (χ2v) is 6.87. The molecule has 1 atom stereocenters. The summed E-state index contributed by atoms with van der Waals surface area (Å²) in [5, 5.41) is 29.9. The minimum atomic E-state index is -1.59. The molecule has 34 heavy (non-hydrogen) atoms. The molecule has 13 nitrogen and oxygen atoms in total. The first-order valence-corrected chi connectivity index (χ1v) is 9.48. The van der Waals surface area contributed by atoms with Gasteiger partial charge in [-0.25, -0.2) is 4.99 Å². The van der Waals surface area contributed by atoms with Crippen molar-refractivity contribution in [1.29, 1.82) is 0 Å². The van der Waals surface area contributed by atoms with Gasteiger partial charge in [-0.2, -0.15) is 4.98 Å². The fourth-order valence-electron chi connectivity index (χ4n) is 2.89. The molecule has 1 aromatic carbocycles. The molecule has 6 N–H and O–H groups in total. The monoisotopic (exact) mass is 487 g/mol. The Bertz CT molecular complexity index is 1140. The molecule has 1 amide bonds. The van der Waals surface area contributed by atoms with E-state index in [1.54, 1.807) is 12.1 Å². The number of aromatic amines is 1. The van der Waals surface area contributed by atoms with E-state index < -0.39 is 35.9 Å². The van der Waals surface area contributed by atoms with E-state index in [9.17, 15) is 29.4 Å². The maximum absolute atomic E-state index is 12.2. The Hall–Kier alpha value is -2.42. The molecule has 168 valence electrons. The number of carboxylic acid groups (broad SMARTS) is 2. The molecule has 1 aromatic heterocycles. The number of H-pyrrole nitrogens is 1. The summed E-state index contributed by atoms with van der Waals surface area (Å²) >= 11 is 0. The van der Waals surface area contributed by atoms with Gasteiger partial charge in [0.05, 0.1) is 30.8 Å². The van der Waals surface area contributed by atoms with E-state index in [4.69, 9.17) is 5.73 Å². The SMILES string of the molecule is Nc1nc2c(c(=O)[nH]1)N=C(CNc1ccc(C(=O)NC(CCC(=O)[O-])C(=O)[O-])cc1)CN2.[Na+].[Na+]. The van der Waals surface area contributed by atoms with Gasteiger partial charge in [-0.3, -0.25) is 14.6 Å². The van der Waals surface area contributed by atoms with Gasteiger partial charge in [0.25, 0.3) is 11.5 Å². The third-order valence-corrected chi connectivity index (χ3v) is 4.51. The van der Waals surface area contributed by atoms with E-state index >= 15 is 0 Å². The number of benzene rings is 1. The largest absolute Gasteiger partial charge is 1.00 e. The number of aliphatic carboxylic acids is 2. The Morgan fingerprint density at radius 3 is 2.44 bits per heavy atom. The van der Waals surface area contributed by atoms with Gasteiger partial charge in [-0.05, 0) is 37.1 Å². The quantitative estimate of drug-likeness (QED) is 0.210. The number of carboxylic acids is 2. The van der Waals surface area contributed by atoms with E-state index in [1.165, 1.54) is 12.1 Å². The van der Waals surface area contributed by atoms with Crippen molar-refractivity contribution in [3.8, 4) is 0 Å². The van der Waals surface area contributed by atoms with E-state index in [-0.39, 0.29) is 82.7 Å². The molecule has 2 heterocycles. The van der Waals surface area contributed by atoms with E-state index in [2.05, 4.69) is 30.9 Å². The molecule has 3 rings (SSSR count). The van der Waals surface area contributed by atoms with Gasteiger partial charge in [0, 0.05) is 17.2 Å². The molecule has 0 spiro atoms. The average Bonchev–Trinajstić information content (AvgIpc) is 2.75. The van der Waals surface area contributed by atoms with Crippen molar-refractivity contribution in [2.75, 3.05) is 29.5 Å². The van der Waals surface area contributed by atoms with Gasteiger partial charge >= 0.3 is 59.1 Å². The zero-order chi connectivity index (χ0) is 23.3. The van der Waals surface area contributed by atoms with Crippen LogP contribution in [0.1, 0.15) is 23.2 Å². The maximum atomic E-state index is 12.2. The molecular weight excluding hydrogens is 468 g/mol. The second kappa shape index (κ2) is 13.5. The van der Waals surface area contributed by atoms with Gasteiger partial charge in [0.15, 0.2) is 11.5 Å². The molecule has 0 radical (unpaired) electrons. The van der Waals surface area contributed by atoms with Crippen LogP contribution in [0.25, 0.3) is 0 Å². The fourth-order valence-corrected chi connectivity index (χ4v) is 2.89. The zero-order valence-corrected chi connectivity index (χ0v) is 22.6. The number of anilines is 3. The van der Waals surface area contributed by atoms with Gasteiger partial charge in [0.2, 0.25) is 5.95 Å². The molecular formula is C19H19N7Na2O6. The van der Waals surface area contributed by atoms with Crippen molar-refractivity contribution < 1.29 is 83.7 Å². The Morgan fingerprint density at radius 1 is 1.15 bits per heavy atom. The molecule has 1 unspecified atom stereocenters. The average molecular weight is 487 g/mol. The first kappa shape index (κ1) is 29.6. The van der Waals surface area contributed by atoms with Crippen LogP contribution in [0.3, 0.4) is 0 Å². The number of nitrogens with one attached hydrogen (secondary N) is 4. The summed E-state index contributed by atoms with van der Waals surface area (Å²) in [6.45, 7) is 0.657. The Labute approximate surface area is 237 Å². The van der Waals surface area contributed by atoms with Crippen LogP contribution >= 0.6 is 0 Å². The number of rotatable bonds is 9. The topological polar surface area (TPSA) is 218 Å². The number of aromatic nitrogens is 2. The number of carbonyl (C=O) groups excluding carboxylic acids is 3. The summed E-state index contributed by atoms with van der Waals surface area (Å²) < 4.78 is 0. The predicted molar refractivity (Wildman–Crippen MR) is 110 cm³/mol. The van der Waals surface area contributed by atoms with Gasteiger partial charge in [-0.1, -0.05) is 0 Å². The molecule has 15 heteroatoms. The summed E-state index contributed by atoms with van der Waals surface area (Å²) in [5.74, 6) is -3.40. The van der Waals surface area contributed by atoms with Crippen molar-refractivity contribution in [2.45, 2.75) is 18.9 Å². The molecule has 0 fully saturated rings. The second-order valence-electron chi connectivity index (χ2n) is 6.87. The number of aliphatic imine (C=N–C) groups is 1. The molecule has 0 saturated heterocycles. The Balaban J connectivity index is 0.00000289. The smallest absolute Gasteiger partial charge is 0.550 e. The molecule has 1 aliphatic rings. The van der Waals surface area contributed by atoms with E-state index in [0.29, 0.717) is 30.3 Å². The zero-order valence-electron chi connectivity index (χ0n) is 18.6. The normalized spacial score (nSPS) is 12.4. The summed E-state index contributed by atoms with van der Waals surface area (Å²) in [7, 11) is 0. The van der Waals surface area contributed by atoms with Gasteiger partial charge < -0.3 is 41.5 Å². The molecule has 0 aliphatic carbocycles. The van der Waals surface area contributed by atoms with Crippen LogP contribution in [-0.4, -0.2) is 52.7 Å². The fraction of sp³-hybridized carbons (Fsp3) is 0.263. The number of nitrogens with two attached hydrogens (primary N) is 1. The van der Waals surface area contributed by atoms with Crippen LogP contribution < -0.4 is 96.6 Å². The van der Waals surface area contributed by atoms with Crippen molar-refractivity contribution in [3.63, 3.8) is 0 Å². The summed E-state index contributed by atoms with van der Waals surface area (Å²) in [6, 6.07) is 4.69. The van der Waals surface area contributed by atoms with Crippen LogP contribution in [0.2, 0.25) is 0 Å². The third kappa shape index (κ3) is 8.11. The standard InChI is InChI=1S/C19H21N7O6.2Na/c20-19-25-15-14(17(30)26-19)23-11(8-22-15)7-21-10-3-1-9(2-4-10)16(29)24-12(18(31)32)5-6-13(27)28;;/h1-4,12,21H,5-8H2,(H,24,29)(H,27,28)(H,31,32)(H4,20,22,25,26,30);;/q;2*+1/p-2. The third-order valence-electron chi connectivity index (χ3n) is 4.51. The van der Waals surface area contributed by atoms with Gasteiger partial charge in [-0.15, -0.1) is 0 Å². The van der Waals surface area contributed by atoms with Crippen molar-refractivity contribution in [2.24, 2.45) is 4.99 Å². The number of carbonyl (C=O) groups is 3. The van der Waals surface area contributed by atoms with Crippen molar-refractivity contribution in [1.82, 2.24) is 15.3 Å². The van der Waals surface area contributed by atoms with Gasteiger partial charge in [0.1, 0.15) is 0 Å². The van der Waals surface area contributed by atoms with Crippen molar-refractivity contribution >= 4 is 46.7 Å². The van der Waals surface area contributed by atoms with Crippen LogP contribution in [-0.2, 0) is 9.59 Å². The number of nitrogen functional groups attached to an aromatic ring is 1. The number of nitrogens with zero attached hydrogens (tertiary/aromatic N) is 2. The minimum Gasteiger partial charge on any atom is -0.550 e. The summed E-state index contributed by atoms with van der Waals surface area (Å²) in [6.07, 6.45) is -0.874. The van der Waals surface area contributed by atoms with E-state index in [1.807, 2.05) is 0 Å². The molecule has 0 bridgehead atoms. The number of amides is 1. The first-order chi connectivity index (χ1) is 15.2. The van der Waals surface area contributed by atoms with Crippen molar-refractivity contribution in [3.05, 3.63) is 40.2 Å². The van der Waals surface area contributed by atoms with Crippen LogP contribution in [0.5, 0.6) is 0 Å². The minimum absolute atomic E-state index is 0. The molecule has 0 saturated carbocycles. The summed E-state index contributed by atoms with van der Waals surface area (Å²) in [4.78, 5) is 56.4. The van der Waals surface area contributed by atoms with E-state index in [0.717, 1.165) is 0 Å². The van der Waals surface area contributed by atoms with Crippen LogP contribution in [0.4, 0.5) is 23.1 Å². The predicted octanol–water partition coefficient (Wildman–Crippen LogP) is -8.65. The maximum Gasteiger partial charge on any atom is 1.00 e. The van der Waals surface area contributed by atoms with Crippen LogP contribution in [0.15, 0.2) is 34.1 Å². The number of fused-ring (bicyclic) bond motifs is 1. The number of hydrogen-bond acceptors (Lipinski definition) is 11. The molecule has 1 aliphatic heterocycles. The van der Waals surface area contributed by atoms with Crippen LogP contribution in [0, 0.1) is 0 Å². The Morgan fingerprint density at radius 2 is 1.82 bits per heavy atom. The number of hydrogen-bond donors (Lipinski definition) is 5. The first-order valence-electron chi connectivity index (χ1n) is 9.48.